The number of Topliss-reactive ketones (excluding diaryl/α,β-unsaturated/α-hetero) is 1. The Labute approximate surface area is 451 Å². The molecule has 20 heteroatoms. The highest BCUT2D eigenvalue weighted by Crippen LogP contribution is 2.40. The van der Waals surface area contributed by atoms with E-state index in [0.717, 1.165) is 52.7 Å². The molecule has 3 aromatic carbocycles. The van der Waals surface area contributed by atoms with Crippen molar-refractivity contribution in [1.29, 1.82) is 0 Å². The highest BCUT2D eigenvalue weighted by atomic mass is 127. The number of nitrogens with zero attached hydrogens (tertiary/aromatic N) is 7. The van der Waals surface area contributed by atoms with Gasteiger partial charge in [0.05, 0.1) is 132 Å². The van der Waals surface area contributed by atoms with E-state index < -0.39 is 0 Å². The number of carbonyl (C=O) groups is 3. The minimum Gasteiger partial charge on any atom is -0.493 e. The van der Waals surface area contributed by atoms with Gasteiger partial charge in [-0.3, -0.25) is 24.4 Å². The van der Waals surface area contributed by atoms with Gasteiger partial charge in [-0.1, -0.05) is 39.0 Å². The van der Waals surface area contributed by atoms with Crippen molar-refractivity contribution in [2.75, 3.05) is 90.8 Å². The molecule has 2 amide bonds. The Hall–Kier alpha value is -5.88. The molecule has 0 saturated carbocycles. The highest BCUT2D eigenvalue weighted by molar-refractivity contribution is 14.1. The van der Waals surface area contributed by atoms with E-state index in [1.807, 2.05) is 82.1 Å². The quantitative estimate of drug-likeness (QED) is 0.0267. The van der Waals surface area contributed by atoms with Gasteiger partial charge in [-0.2, -0.15) is 0 Å². The number of aryl methyl sites for hydroxylation is 1. The summed E-state index contributed by atoms with van der Waals surface area (Å²) in [4.78, 5) is 51.4. The molecule has 19 nitrogen and oxygen atoms in total. The van der Waals surface area contributed by atoms with E-state index in [0.29, 0.717) is 142 Å². The maximum Gasteiger partial charge on any atom is 0.260 e. The van der Waals surface area contributed by atoms with Gasteiger partial charge < -0.3 is 52.4 Å². The van der Waals surface area contributed by atoms with Gasteiger partial charge in [-0.05, 0) is 87.1 Å². The largest absolute Gasteiger partial charge is 0.493 e. The number of aliphatic imine (C=N–C) groups is 2. The standard InChI is InChI=1S/C55H66IN7O12/c1-37-20-43-30-57-48-27-51(39(3)22-46(48)54(65)62(43)32-37)74-35-40-23-41(36-75-53-28-49-47(26-52(53)67-4)55(66)63-33-38(2)21-44(63)31-58-49)25-42(24-40)50-34-61(60-59-50)7-9-69-11-13-71-15-17-73-19-18-72-16-14-70-12-10-68-8-5-6-45(64)29-56/h22-28,30-34,43-44H,5-21,29,35-36H2,1-4H3/t43-,44-/m0/s1. The molecule has 0 spiro atoms. The Morgan fingerprint density at radius 1 is 0.627 bits per heavy atom. The Kier molecular flexibility index (Phi) is 20.5. The third-order valence-corrected chi connectivity index (χ3v) is 13.5. The molecule has 8 rings (SSSR count). The van der Waals surface area contributed by atoms with E-state index >= 15 is 0 Å². The number of carbonyl (C=O) groups excluding carboxylic acids is 3. The van der Waals surface area contributed by atoms with Crippen molar-refractivity contribution >= 4 is 64.0 Å². The van der Waals surface area contributed by atoms with Crippen LogP contribution in [0.2, 0.25) is 0 Å². The maximum atomic E-state index is 13.6. The Morgan fingerprint density at radius 3 is 1.68 bits per heavy atom. The number of ether oxygens (including phenoxy) is 9. The molecule has 0 bridgehead atoms. The smallest absolute Gasteiger partial charge is 0.260 e. The van der Waals surface area contributed by atoms with Gasteiger partial charge in [0.25, 0.3) is 11.8 Å². The Bertz CT molecular complexity index is 2760. The summed E-state index contributed by atoms with van der Waals surface area (Å²) in [5.41, 5.74) is 8.25. The molecule has 0 aliphatic carbocycles. The van der Waals surface area contributed by atoms with Crippen molar-refractivity contribution in [2.45, 2.75) is 78.3 Å². The van der Waals surface area contributed by atoms with Crippen LogP contribution in [0.5, 0.6) is 17.2 Å². The summed E-state index contributed by atoms with van der Waals surface area (Å²) in [7, 11) is 1.55. The molecule has 0 unspecified atom stereocenters. The van der Waals surface area contributed by atoms with Crippen LogP contribution in [0.25, 0.3) is 11.3 Å². The predicted octanol–water partition coefficient (Wildman–Crippen LogP) is 7.97. The zero-order chi connectivity index (χ0) is 52.5. The average Bonchev–Trinajstić information content (AvgIpc) is 4.13. The second kappa shape index (κ2) is 27.8. The Balaban J connectivity index is 0.822. The number of rotatable bonds is 31. The third kappa shape index (κ3) is 15.4. The minimum atomic E-state index is -0.140. The zero-order valence-corrected chi connectivity index (χ0v) is 45.3. The number of alkyl halides is 1. The van der Waals surface area contributed by atoms with E-state index in [1.165, 1.54) is 0 Å². The molecular weight excluding hydrogens is 1080 g/mol. The van der Waals surface area contributed by atoms with Crippen molar-refractivity contribution in [1.82, 2.24) is 24.8 Å². The van der Waals surface area contributed by atoms with E-state index in [1.54, 1.807) is 33.7 Å². The molecule has 0 N–H and O–H groups in total. The molecule has 0 fully saturated rings. The summed E-state index contributed by atoms with van der Waals surface area (Å²) >= 11 is 2.08. The van der Waals surface area contributed by atoms with Crippen LogP contribution in [0.4, 0.5) is 11.4 Å². The van der Waals surface area contributed by atoms with E-state index in [-0.39, 0.29) is 42.9 Å². The van der Waals surface area contributed by atoms with Crippen LogP contribution in [0, 0.1) is 6.92 Å². The summed E-state index contributed by atoms with van der Waals surface area (Å²) < 4.78 is 54.6. The van der Waals surface area contributed by atoms with Crippen LogP contribution in [0.3, 0.4) is 0 Å². The van der Waals surface area contributed by atoms with Gasteiger partial charge in [0.1, 0.15) is 30.4 Å². The van der Waals surface area contributed by atoms with Gasteiger partial charge >= 0.3 is 0 Å². The highest BCUT2D eigenvalue weighted by Gasteiger charge is 2.33. The van der Waals surface area contributed by atoms with Gasteiger partial charge in [0.2, 0.25) is 0 Å². The first-order valence-electron chi connectivity index (χ1n) is 25.3. The summed E-state index contributed by atoms with van der Waals surface area (Å²) in [5, 5.41) is 8.91. The molecule has 4 aliphatic rings. The summed E-state index contributed by atoms with van der Waals surface area (Å²) in [6, 6.07) is 12.9. The fraction of sp³-hybridized carbons (Fsp3) is 0.473. The first kappa shape index (κ1) is 55.4. The van der Waals surface area contributed by atoms with Crippen molar-refractivity contribution in [3.63, 3.8) is 0 Å². The average molecular weight is 1140 g/mol. The Morgan fingerprint density at radius 2 is 1.13 bits per heavy atom. The summed E-state index contributed by atoms with van der Waals surface area (Å²) in [6.45, 7) is 12.3. The lowest BCUT2D eigenvalue weighted by molar-refractivity contribution is -0.116. The summed E-state index contributed by atoms with van der Waals surface area (Å²) in [5.74, 6) is 1.50. The van der Waals surface area contributed by atoms with Gasteiger partial charge in [-0.15, -0.1) is 5.10 Å². The van der Waals surface area contributed by atoms with E-state index in [4.69, 9.17) is 52.6 Å². The van der Waals surface area contributed by atoms with Crippen molar-refractivity contribution in [3.8, 4) is 28.5 Å². The van der Waals surface area contributed by atoms with Gasteiger partial charge in [-0.25, -0.2) is 4.68 Å². The normalized spacial score (nSPS) is 16.5. The van der Waals surface area contributed by atoms with E-state index in [2.05, 4.69) is 32.9 Å². The number of halogens is 1. The number of hydrogen-bond donors (Lipinski definition) is 0. The van der Waals surface area contributed by atoms with Crippen LogP contribution >= 0.6 is 22.6 Å². The predicted molar refractivity (Wildman–Crippen MR) is 289 cm³/mol. The fourth-order valence-electron chi connectivity index (χ4n) is 8.85. The number of benzene rings is 3. The minimum absolute atomic E-state index is 0.0784. The second-order valence-corrected chi connectivity index (χ2v) is 19.3. The first-order chi connectivity index (χ1) is 36.6. The third-order valence-electron chi connectivity index (χ3n) is 12.7. The number of ketones is 1. The SMILES string of the molecule is COc1cc2c(cc1OCc1cc(COc3cc4c(cc3C)C(=O)N3C=C(C)C[C@H]3C=N4)cc(-c3cn(CCOCCOCCOCCOCCOCCOCCCC(=O)CI)nn3)c1)N=C[C@@H]1CC(C)=CN1C2=O. The second-order valence-electron chi connectivity index (χ2n) is 18.6. The van der Waals surface area contributed by atoms with Crippen LogP contribution < -0.4 is 14.2 Å². The molecule has 75 heavy (non-hydrogen) atoms. The molecule has 4 aliphatic heterocycles. The van der Waals surface area contributed by atoms with Gasteiger partial charge in [0.15, 0.2) is 11.5 Å². The van der Waals surface area contributed by atoms with E-state index in [9.17, 15) is 14.4 Å². The topological polar surface area (TPSA) is 196 Å². The zero-order valence-electron chi connectivity index (χ0n) is 43.1. The first-order valence-corrected chi connectivity index (χ1v) is 26.9. The van der Waals surface area contributed by atoms with Crippen molar-refractivity contribution < 1.29 is 57.0 Å². The summed E-state index contributed by atoms with van der Waals surface area (Å²) in [6.07, 6.45) is 12.1. The number of hydrogen-bond acceptors (Lipinski definition) is 16. The van der Waals surface area contributed by atoms with Crippen LogP contribution in [-0.4, -0.2) is 158 Å². The number of methoxy groups -OCH3 is 1. The molecular formula is C55H66IN7O12. The molecule has 400 valence electrons. The molecule has 2 atom stereocenters. The lowest BCUT2D eigenvalue weighted by Gasteiger charge is -2.19. The molecule has 0 radical (unpaired) electrons. The molecule has 1 aromatic heterocycles. The maximum absolute atomic E-state index is 13.6. The molecule has 0 saturated heterocycles. The molecule has 5 heterocycles. The fourth-order valence-corrected chi connectivity index (χ4v) is 9.24. The van der Waals surface area contributed by atoms with Crippen molar-refractivity contribution in [3.05, 3.63) is 100 Å². The van der Waals surface area contributed by atoms with Crippen LogP contribution in [0.15, 0.2) is 82.2 Å². The number of amides is 2. The molecule has 4 aromatic rings. The van der Waals surface area contributed by atoms with Crippen LogP contribution in [-0.2, 0) is 53.0 Å². The van der Waals surface area contributed by atoms with Crippen LogP contribution in [0.1, 0.15) is 76.9 Å². The monoisotopic (exact) mass is 1140 g/mol. The van der Waals surface area contributed by atoms with Gasteiger partial charge in [0, 0.05) is 55.6 Å². The lowest BCUT2D eigenvalue weighted by atomic mass is 10.0. The lowest BCUT2D eigenvalue weighted by Crippen LogP contribution is -2.32. The van der Waals surface area contributed by atoms with Crippen molar-refractivity contribution in [2.24, 2.45) is 9.98 Å². The number of fused-ring (bicyclic) bond motifs is 4. The number of aromatic nitrogens is 3.